The van der Waals surface area contributed by atoms with Crippen LogP contribution in [0.25, 0.3) is 11.3 Å². The van der Waals surface area contributed by atoms with Crippen LogP contribution >= 0.6 is 0 Å². The molecule has 0 saturated heterocycles. The fourth-order valence-electron chi connectivity index (χ4n) is 1.86. The van der Waals surface area contributed by atoms with Crippen LogP contribution in [0.3, 0.4) is 0 Å². The fourth-order valence-corrected chi connectivity index (χ4v) is 1.86. The van der Waals surface area contributed by atoms with Gasteiger partial charge in [-0.2, -0.15) is 4.39 Å². The Kier molecular flexibility index (Phi) is 3.93. The van der Waals surface area contributed by atoms with Crippen molar-refractivity contribution in [3.05, 3.63) is 46.9 Å². The molecule has 2 rings (SSSR count). The minimum Gasteiger partial charge on any atom is -0.493 e. The van der Waals surface area contributed by atoms with Gasteiger partial charge in [0.1, 0.15) is 11.4 Å². The zero-order valence-electron chi connectivity index (χ0n) is 11.0. The number of benzene rings is 1. The lowest BCUT2D eigenvalue weighted by molar-refractivity contribution is 0.0829. The van der Waals surface area contributed by atoms with Gasteiger partial charge >= 0.3 is 6.04 Å². The molecule has 0 bridgehead atoms. The third kappa shape index (κ3) is 2.58. The third-order valence-corrected chi connectivity index (χ3v) is 2.87. The highest BCUT2D eigenvalue weighted by Gasteiger charge is 2.22. The van der Waals surface area contributed by atoms with E-state index in [9.17, 15) is 22.4 Å². The monoisotopic (exact) mass is 299 g/mol. The second-order valence-corrected chi connectivity index (χ2v) is 4.20. The molecule has 0 N–H and O–H groups in total. The van der Waals surface area contributed by atoms with Gasteiger partial charge in [0.25, 0.3) is 0 Å². The molecular formula is C14H9F4NO2. The number of aromatic nitrogens is 1. The van der Waals surface area contributed by atoms with Crippen molar-refractivity contribution in [2.75, 3.05) is 7.11 Å². The first-order valence-electron chi connectivity index (χ1n) is 5.76. The molecule has 0 fully saturated rings. The summed E-state index contributed by atoms with van der Waals surface area (Å²) in [5.41, 5.74) is -1.75. The summed E-state index contributed by atoms with van der Waals surface area (Å²) in [4.78, 5) is 14.0. The van der Waals surface area contributed by atoms with Crippen LogP contribution < -0.4 is 4.74 Å². The predicted molar refractivity (Wildman–Crippen MR) is 66.3 cm³/mol. The Labute approximate surface area is 117 Å². The van der Waals surface area contributed by atoms with E-state index in [0.717, 1.165) is 6.07 Å². The number of hydrogen-bond acceptors (Lipinski definition) is 3. The first kappa shape index (κ1) is 15.0. The number of ether oxygens (including phenoxy) is 1. The highest BCUT2D eigenvalue weighted by Crippen LogP contribution is 2.33. The maximum Gasteiger partial charge on any atom is 0.350 e. The van der Waals surface area contributed by atoms with Crippen LogP contribution in [0.1, 0.15) is 16.1 Å². The van der Waals surface area contributed by atoms with Crippen LogP contribution in [0.2, 0.25) is 0 Å². The van der Waals surface area contributed by atoms with E-state index >= 15 is 0 Å². The van der Waals surface area contributed by atoms with Gasteiger partial charge in [-0.3, -0.25) is 4.79 Å². The Morgan fingerprint density at radius 2 is 1.86 bits per heavy atom. The first-order chi connectivity index (χ1) is 9.86. The van der Waals surface area contributed by atoms with Crippen molar-refractivity contribution in [3.8, 4) is 17.0 Å². The molecule has 0 atom stereocenters. The SMILES string of the molecule is COc1c(C)ccc(-c2nc(C(=O)F)cc(F)c2F)c1F. The maximum atomic E-state index is 14.2. The highest BCUT2D eigenvalue weighted by molar-refractivity contribution is 5.87. The molecule has 0 aliphatic heterocycles. The number of halogens is 4. The molecule has 3 nitrogen and oxygen atoms in total. The van der Waals surface area contributed by atoms with Crippen molar-refractivity contribution in [3.63, 3.8) is 0 Å². The number of nitrogens with zero attached hydrogens (tertiary/aromatic N) is 1. The fraction of sp³-hybridized carbons (Fsp3) is 0.143. The van der Waals surface area contributed by atoms with Crippen LogP contribution in [-0.4, -0.2) is 18.1 Å². The van der Waals surface area contributed by atoms with E-state index < -0.39 is 40.4 Å². The Morgan fingerprint density at radius 3 is 2.43 bits per heavy atom. The zero-order chi connectivity index (χ0) is 15.7. The quantitative estimate of drug-likeness (QED) is 0.642. The molecule has 1 aromatic heterocycles. The van der Waals surface area contributed by atoms with Crippen molar-refractivity contribution in [2.45, 2.75) is 6.92 Å². The second-order valence-electron chi connectivity index (χ2n) is 4.20. The summed E-state index contributed by atoms with van der Waals surface area (Å²) in [5.74, 6) is -4.14. The lowest BCUT2D eigenvalue weighted by Crippen LogP contribution is -2.04. The molecular weight excluding hydrogens is 290 g/mol. The summed E-state index contributed by atoms with van der Waals surface area (Å²) in [5, 5.41) is 0. The van der Waals surface area contributed by atoms with Gasteiger partial charge in [0.05, 0.1) is 7.11 Å². The molecule has 0 amide bonds. The minimum absolute atomic E-state index is 0.175. The van der Waals surface area contributed by atoms with Gasteiger partial charge in [-0.05, 0) is 18.6 Å². The number of hydrogen-bond donors (Lipinski definition) is 0. The van der Waals surface area contributed by atoms with E-state index in [4.69, 9.17) is 4.74 Å². The van der Waals surface area contributed by atoms with E-state index in [2.05, 4.69) is 4.98 Å². The second kappa shape index (κ2) is 5.51. The van der Waals surface area contributed by atoms with Gasteiger partial charge in [-0.1, -0.05) is 6.07 Å². The minimum atomic E-state index is -2.05. The number of carbonyl (C=O) groups is 1. The molecule has 0 aliphatic rings. The summed E-state index contributed by atoms with van der Waals surface area (Å²) < 4.78 is 58.9. The molecule has 0 unspecified atom stereocenters. The molecule has 1 heterocycles. The van der Waals surface area contributed by atoms with Crippen LogP contribution in [0.5, 0.6) is 5.75 Å². The van der Waals surface area contributed by atoms with Gasteiger partial charge in [-0.15, -0.1) is 0 Å². The molecule has 7 heteroatoms. The van der Waals surface area contributed by atoms with Gasteiger partial charge in [0.15, 0.2) is 23.2 Å². The highest BCUT2D eigenvalue weighted by atomic mass is 19.2. The average molecular weight is 299 g/mol. The molecule has 0 saturated carbocycles. The van der Waals surface area contributed by atoms with Crippen LogP contribution in [0.4, 0.5) is 17.6 Å². The summed E-state index contributed by atoms with van der Waals surface area (Å²) >= 11 is 0. The van der Waals surface area contributed by atoms with Gasteiger partial charge in [0.2, 0.25) is 0 Å². The normalized spacial score (nSPS) is 10.6. The summed E-state index contributed by atoms with van der Waals surface area (Å²) in [6.45, 7) is 1.55. The van der Waals surface area contributed by atoms with E-state index in [-0.39, 0.29) is 5.75 Å². The summed E-state index contributed by atoms with van der Waals surface area (Å²) in [6, 6.07) is 0.810. The predicted octanol–water partition coefficient (Wildman–Crippen LogP) is 3.59. The standard InChI is InChI=1S/C14H9F4NO2/c1-6-3-4-7(10(16)13(6)21-2)12-11(17)8(15)5-9(19-12)14(18)20/h3-5H,1-2H3. The maximum absolute atomic E-state index is 14.2. The molecule has 2 aromatic rings. The van der Waals surface area contributed by atoms with E-state index in [1.54, 1.807) is 6.92 Å². The van der Waals surface area contributed by atoms with Gasteiger partial charge in [-0.25, -0.2) is 18.2 Å². The molecule has 0 aliphatic carbocycles. The van der Waals surface area contributed by atoms with Crippen molar-refractivity contribution in [1.29, 1.82) is 0 Å². The molecule has 0 radical (unpaired) electrons. The number of rotatable bonds is 3. The van der Waals surface area contributed by atoms with Crippen LogP contribution in [-0.2, 0) is 0 Å². The van der Waals surface area contributed by atoms with Crippen molar-refractivity contribution >= 4 is 6.04 Å². The first-order valence-corrected chi connectivity index (χ1v) is 5.76. The van der Waals surface area contributed by atoms with Crippen molar-refractivity contribution < 1.29 is 27.1 Å². The molecule has 0 spiro atoms. The molecule has 110 valence electrons. The van der Waals surface area contributed by atoms with E-state index in [1.165, 1.54) is 13.2 Å². The van der Waals surface area contributed by atoms with Crippen LogP contribution in [0, 0.1) is 24.4 Å². The van der Waals surface area contributed by atoms with Gasteiger partial charge < -0.3 is 4.74 Å². The largest absolute Gasteiger partial charge is 0.493 e. The number of carbonyl (C=O) groups excluding carboxylic acids is 1. The lowest BCUT2D eigenvalue weighted by Gasteiger charge is -2.11. The average Bonchev–Trinajstić information content (AvgIpc) is 2.43. The number of pyridine rings is 1. The zero-order valence-corrected chi connectivity index (χ0v) is 11.0. The Balaban J connectivity index is 2.75. The van der Waals surface area contributed by atoms with Crippen molar-refractivity contribution in [1.82, 2.24) is 4.98 Å². The van der Waals surface area contributed by atoms with Gasteiger partial charge in [0, 0.05) is 11.6 Å². The topological polar surface area (TPSA) is 39.2 Å². The Hall–Kier alpha value is -2.44. The Morgan fingerprint density at radius 1 is 1.19 bits per heavy atom. The van der Waals surface area contributed by atoms with Crippen LogP contribution in [0.15, 0.2) is 18.2 Å². The molecule has 21 heavy (non-hydrogen) atoms. The lowest BCUT2D eigenvalue weighted by atomic mass is 10.1. The number of aryl methyl sites for hydroxylation is 1. The van der Waals surface area contributed by atoms with E-state index in [1.807, 2.05) is 0 Å². The summed E-state index contributed by atoms with van der Waals surface area (Å²) in [6.07, 6.45) is 0. The summed E-state index contributed by atoms with van der Waals surface area (Å²) in [7, 11) is 1.21. The smallest absolute Gasteiger partial charge is 0.350 e. The third-order valence-electron chi connectivity index (χ3n) is 2.87. The Bertz CT molecular complexity index is 731. The number of methoxy groups -OCH3 is 1. The van der Waals surface area contributed by atoms with E-state index in [0.29, 0.717) is 11.6 Å². The van der Waals surface area contributed by atoms with Crippen molar-refractivity contribution in [2.24, 2.45) is 0 Å². The molecule has 1 aromatic carbocycles.